The maximum Gasteiger partial charge on any atom is 0.295 e. The molecule has 6 heteroatoms. The Morgan fingerprint density at radius 3 is 2.94 bits per heavy atom. The number of hydrogen-bond acceptors (Lipinski definition) is 4. The fourth-order valence-corrected chi connectivity index (χ4v) is 2.30. The SMILES string of the molecule is CN(c1ccc(F)cc1[N+](=O)[O-])C1CCCNC1. The van der Waals surface area contributed by atoms with Gasteiger partial charge in [0.15, 0.2) is 0 Å². The summed E-state index contributed by atoms with van der Waals surface area (Å²) in [4.78, 5) is 12.3. The molecular formula is C12H16FN3O2. The van der Waals surface area contributed by atoms with E-state index >= 15 is 0 Å². The number of piperidine rings is 1. The monoisotopic (exact) mass is 253 g/mol. The van der Waals surface area contributed by atoms with Crippen LogP contribution in [0.4, 0.5) is 15.8 Å². The summed E-state index contributed by atoms with van der Waals surface area (Å²) in [5.41, 5.74) is 0.290. The first kappa shape index (κ1) is 12.8. The van der Waals surface area contributed by atoms with E-state index in [1.165, 1.54) is 12.1 Å². The van der Waals surface area contributed by atoms with Gasteiger partial charge in [0.1, 0.15) is 11.5 Å². The summed E-state index contributed by atoms with van der Waals surface area (Å²) in [5, 5.41) is 14.2. The van der Waals surface area contributed by atoms with Crippen LogP contribution in [-0.4, -0.2) is 31.1 Å². The molecule has 0 bridgehead atoms. The lowest BCUT2D eigenvalue weighted by molar-refractivity contribution is -0.384. The number of nitrogens with one attached hydrogen (secondary N) is 1. The van der Waals surface area contributed by atoms with E-state index in [0.29, 0.717) is 5.69 Å². The van der Waals surface area contributed by atoms with Crippen molar-refractivity contribution in [3.05, 3.63) is 34.1 Å². The van der Waals surface area contributed by atoms with E-state index in [9.17, 15) is 14.5 Å². The summed E-state index contributed by atoms with van der Waals surface area (Å²) in [6, 6.07) is 3.92. The van der Waals surface area contributed by atoms with Crippen LogP contribution in [0.25, 0.3) is 0 Å². The molecular weight excluding hydrogens is 237 g/mol. The maximum atomic E-state index is 13.1. The molecule has 2 rings (SSSR count). The average molecular weight is 253 g/mol. The quantitative estimate of drug-likeness (QED) is 0.660. The maximum absolute atomic E-state index is 13.1. The van der Waals surface area contributed by atoms with Gasteiger partial charge in [-0.25, -0.2) is 4.39 Å². The van der Waals surface area contributed by atoms with Gasteiger partial charge in [-0.2, -0.15) is 0 Å². The fraction of sp³-hybridized carbons (Fsp3) is 0.500. The Kier molecular flexibility index (Phi) is 3.76. The molecule has 5 nitrogen and oxygen atoms in total. The molecule has 1 heterocycles. The topological polar surface area (TPSA) is 58.4 Å². The number of nitro benzene ring substituents is 1. The number of rotatable bonds is 3. The van der Waals surface area contributed by atoms with Gasteiger partial charge >= 0.3 is 0 Å². The Labute approximate surface area is 105 Å². The predicted octanol–water partition coefficient (Wildman–Crippen LogP) is 1.92. The lowest BCUT2D eigenvalue weighted by Gasteiger charge is -2.33. The van der Waals surface area contributed by atoms with Gasteiger partial charge in [0.05, 0.1) is 11.0 Å². The summed E-state index contributed by atoms with van der Waals surface area (Å²) >= 11 is 0. The smallest absolute Gasteiger partial charge is 0.295 e. The Hall–Kier alpha value is -1.69. The minimum absolute atomic E-state index is 0.178. The first-order valence-corrected chi connectivity index (χ1v) is 5.97. The predicted molar refractivity (Wildman–Crippen MR) is 67.3 cm³/mol. The van der Waals surface area contributed by atoms with E-state index in [4.69, 9.17) is 0 Å². The molecule has 1 aromatic carbocycles. The summed E-state index contributed by atoms with van der Waals surface area (Å²) in [6.07, 6.45) is 2.03. The zero-order valence-electron chi connectivity index (χ0n) is 10.2. The summed E-state index contributed by atoms with van der Waals surface area (Å²) in [5.74, 6) is -0.583. The highest BCUT2D eigenvalue weighted by atomic mass is 19.1. The lowest BCUT2D eigenvalue weighted by Crippen LogP contribution is -2.44. The van der Waals surface area contributed by atoms with Crippen LogP contribution in [0.3, 0.4) is 0 Å². The summed E-state index contributed by atoms with van der Waals surface area (Å²) in [7, 11) is 1.82. The summed E-state index contributed by atoms with van der Waals surface area (Å²) in [6.45, 7) is 1.78. The lowest BCUT2D eigenvalue weighted by atomic mass is 10.1. The number of nitrogens with zero attached hydrogens (tertiary/aromatic N) is 2. The van der Waals surface area contributed by atoms with Gasteiger partial charge in [0, 0.05) is 19.6 Å². The highest BCUT2D eigenvalue weighted by Gasteiger charge is 2.24. The average Bonchev–Trinajstić information content (AvgIpc) is 2.39. The van der Waals surface area contributed by atoms with E-state index in [1.54, 1.807) is 0 Å². The number of hydrogen-bond donors (Lipinski definition) is 1. The first-order chi connectivity index (χ1) is 8.59. The van der Waals surface area contributed by atoms with Crippen LogP contribution >= 0.6 is 0 Å². The van der Waals surface area contributed by atoms with E-state index < -0.39 is 10.7 Å². The minimum atomic E-state index is -0.583. The minimum Gasteiger partial charge on any atom is -0.365 e. The third-order valence-electron chi connectivity index (χ3n) is 3.33. The van der Waals surface area contributed by atoms with Crippen molar-refractivity contribution >= 4 is 11.4 Å². The Bertz CT molecular complexity index is 447. The van der Waals surface area contributed by atoms with Crippen molar-refractivity contribution in [2.24, 2.45) is 0 Å². The molecule has 1 saturated heterocycles. The van der Waals surface area contributed by atoms with Crippen LogP contribution < -0.4 is 10.2 Å². The Morgan fingerprint density at radius 1 is 1.56 bits per heavy atom. The van der Waals surface area contributed by atoms with Gasteiger partial charge in [0.2, 0.25) is 0 Å². The van der Waals surface area contributed by atoms with Gasteiger partial charge in [-0.15, -0.1) is 0 Å². The molecule has 18 heavy (non-hydrogen) atoms. The number of likely N-dealkylation sites (N-methyl/N-ethyl adjacent to an activating group) is 1. The second-order valence-electron chi connectivity index (χ2n) is 4.50. The van der Waals surface area contributed by atoms with Crippen molar-refractivity contribution < 1.29 is 9.31 Å². The van der Waals surface area contributed by atoms with E-state index in [2.05, 4.69) is 5.32 Å². The van der Waals surface area contributed by atoms with Crippen LogP contribution in [0, 0.1) is 15.9 Å². The molecule has 1 aromatic rings. The van der Waals surface area contributed by atoms with Crippen LogP contribution in [-0.2, 0) is 0 Å². The van der Waals surface area contributed by atoms with Crippen molar-refractivity contribution in [1.82, 2.24) is 5.32 Å². The molecule has 0 spiro atoms. The van der Waals surface area contributed by atoms with E-state index in [0.717, 1.165) is 32.0 Å². The molecule has 0 aliphatic carbocycles. The molecule has 0 saturated carbocycles. The van der Waals surface area contributed by atoms with Gasteiger partial charge in [-0.3, -0.25) is 10.1 Å². The van der Waals surface area contributed by atoms with Gasteiger partial charge in [0.25, 0.3) is 5.69 Å². The first-order valence-electron chi connectivity index (χ1n) is 5.97. The van der Waals surface area contributed by atoms with E-state index in [1.807, 2.05) is 11.9 Å². The molecule has 0 amide bonds. The van der Waals surface area contributed by atoms with Gasteiger partial charge < -0.3 is 10.2 Å². The fourth-order valence-electron chi connectivity index (χ4n) is 2.30. The molecule has 0 aromatic heterocycles. The van der Waals surface area contributed by atoms with Crippen molar-refractivity contribution in [3.8, 4) is 0 Å². The second-order valence-corrected chi connectivity index (χ2v) is 4.50. The van der Waals surface area contributed by atoms with Crippen LogP contribution in [0.5, 0.6) is 0 Å². The number of benzene rings is 1. The largest absolute Gasteiger partial charge is 0.365 e. The molecule has 0 radical (unpaired) electrons. The summed E-state index contributed by atoms with van der Waals surface area (Å²) < 4.78 is 13.1. The molecule has 1 unspecified atom stereocenters. The van der Waals surface area contributed by atoms with Crippen LogP contribution in [0.1, 0.15) is 12.8 Å². The van der Waals surface area contributed by atoms with Crippen molar-refractivity contribution in [2.45, 2.75) is 18.9 Å². The second kappa shape index (κ2) is 5.30. The van der Waals surface area contributed by atoms with Gasteiger partial charge in [-0.1, -0.05) is 0 Å². The number of anilines is 1. The molecule has 98 valence electrons. The molecule has 1 atom stereocenters. The van der Waals surface area contributed by atoms with Crippen molar-refractivity contribution in [1.29, 1.82) is 0 Å². The van der Waals surface area contributed by atoms with Gasteiger partial charge in [-0.05, 0) is 31.5 Å². The number of halogens is 1. The van der Waals surface area contributed by atoms with Crippen LogP contribution in [0.2, 0.25) is 0 Å². The Balaban J connectivity index is 2.28. The molecule has 1 N–H and O–H groups in total. The third-order valence-corrected chi connectivity index (χ3v) is 3.33. The van der Waals surface area contributed by atoms with Crippen molar-refractivity contribution in [3.63, 3.8) is 0 Å². The van der Waals surface area contributed by atoms with Crippen molar-refractivity contribution in [2.75, 3.05) is 25.0 Å². The highest BCUT2D eigenvalue weighted by Crippen LogP contribution is 2.30. The standard InChI is InChI=1S/C12H16FN3O2/c1-15(10-3-2-6-14-8-10)11-5-4-9(13)7-12(11)16(17)18/h4-5,7,10,14H,2-3,6,8H2,1H3. The van der Waals surface area contributed by atoms with Crippen LogP contribution in [0.15, 0.2) is 18.2 Å². The normalized spacial score (nSPS) is 19.6. The third kappa shape index (κ3) is 2.59. The molecule has 1 aliphatic heterocycles. The number of nitro groups is 1. The Morgan fingerprint density at radius 2 is 2.33 bits per heavy atom. The molecule has 1 fully saturated rings. The zero-order valence-corrected chi connectivity index (χ0v) is 10.2. The molecule has 1 aliphatic rings. The zero-order chi connectivity index (χ0) is 13.1. The van der Waals surface area contributed by atoms with E-state index in [-0.39, 0.29) is 11.7 Å². The highest BCUT2D eigenvalue weighted by molar-refractivity contribution is 5.63.